The van der Waals surface area contributed by atoms with Gasteiger partial charge in [-0.05, 0) is 47.4 Å². The third-order valence-electron chi connectivity index (χ3n) is 7.64. The highest BCUT2D eigenvalue weighted by atomic mass is 19.4. The Kier molecular flexibility index (Phi) is 6.31. The third kappa shape index (κ3) is 4.90. The predicted molar refractivity (Wildman–Crippen MR) is 138 cm³/mol. The zero-order valence-corrected chi connectivity index (χ0v) is 22.3. The van der Waals surface area contributed by atoms with E-state index in [0.717, 1.165) is 6.07 Å². The Morgan fingerprint density at radius 2 is 1.38 bits per heavy atom. The van der Waals surface area contributed by atoms with Crippen molar-refractivity contribution in [3.05, 3.63) is 88.0 Å². The number of pyridine rings is 1. The van der Waals surface area contributed by atoms with E-state index in [1.54, 1.807) is 0 Å². The summed E-state index contributed by atoms with van der Waals surface area (Å²) in [4.78, 5) is 44.8. The van der Waals surface area contributed by atoms with Gasteiger partial charge in [0.05, 0.1) is 5.56 Å². The summed E-state index contributed by atoms with van der Waals surface area (Å²) in [5, 5.41) is 1.53. The second kappa shape index (κ2) is 9.17. The van der Waals surface area contributed by atoms with Crippen LogP contribution >= 0.6 is 0 Å². The minimum atomic E-state index is -4.68. The molecule has 0 unspecified atom stereocenters. The van der Waals surface area contributed by atoms with Gasteiger partial charge in [0.2, 0.25) is 0 Å². The number of hydrogen-bond donors (Lipinski definition) is 1. The number of alkyl halides is 3. The van der Waals surface area contributed by atoms with Crippen LogP contribution in [0.5, 0.6) is 0 Å². The van der Waals surface area contributed by atoms with Gasteiger partial charge in [-0.1, -0.05) is 45.9 Å². The summed E-state index contributed by atoms with van der Waals surface area (Å²) in [6, 6.07) is 8.22. The number of carbonyl (C=O) groups is 3. The smallest absolute Gasteiger partial charge is 0.294 e. The molecule has 0 spiro atoms. The van der Waals surface area contributed by atoms with Crippen molar-refractivity contribution in [2.24, 2.45) is 10.8 Å². The standard InChI is InChI=1S/C30H30F3N3O3/c1-28(2)13-20-25(22(37)15-28)24(18-7-5-6-8-19(18)30(31,32)33)26-21(14-29(3,4)16-23(26)38)36(20)35-27(39)17-9-11-34-12-10-17/h5-12,24H,13-16H2,1-4H3,(H,35,39). The summed E-state index contributed by atoms with van der Waals surface area (Å²) in [6.45, 7) is 7.65. The van der Waals surface area contributed by atoms with Crippen molar-refractivity contribution < 1.29 is 27.6 Å². The summed E-state index contributed by atoms with van der Waals surface area (Å²) in [7, 11) is 0. The highest BCUT2D eigenvalue weighted by Crippen LogP contribution is 2.55. The van der Waals surface area contributed by atoms with E-state index in [1.165, 1.54) is 47.7 Å². The maximum Gasteiger partial charge on any atom is 0.416 e. The van der Waals surface area contributed by atoms with Crippen LogP contribution in [-0.4, -0.2) is 27.5 Å². The van der Waals surface area contributed by atoms with Crippen LogP contribution in [0.3, 0.4) is 0 Å². The highest BCUT2D eigenvalue weighted by Gasteiger charge is 2.51. The van der Waals surface area contributed by atoms with E-state index in [4.69, 9.17) is 0 Å². The number of nitrogens with one attached hydrogen (secondary N) is 1. The lowest BCUT2D eigenvalue weighted by molar-refractivity contribution is -0.138. The van der Waals surface area contributed by atoms with Crippen LogP contribution < -0.4 is 5.43 Å². The Labute approximate surface area is 225 Å². The lowest BCUT2D eigenvalue weighted by atomic mass is 9.63. The lowest BCUT2D eigenvalue weighted by Crippen LogP contribution is -2.51. The van der Waals surface area contributed by atoms with E-state index >= 15 is 0 Å². The number of hydrazine groups is 1. The Balaban J connectivity index is 1.78. The second-order valence-corrected chi connectivity index (χ2v) is 12.1. The molecule has 1 aromatic carbocycles. The van der Waals surface area contributed by atoms with Crippen molar-refractivity contribution in [2.75, 3.05) is 0 Å². The molecule has 0 fully saturated rings. The number of nitrogens with zero attached hydrogens (tertiary/aromatic N) is 2. The average Bonchev–Trinajstić information content (AvgIpc) is 2.83. The molecule has 0 saturated heterocycles. The van der Waals surface area contributed by atoms with Crippen LogP contribution in [0.1, 0.15) is 80.8 Å². The van der Waals surface area contributed by atoms with Crippen molar-refractivity contribution in [1.29, 1.82) is 0 Å². The number of halogens is 3. The van der Waals surface area contributed by atoms with Gasteiger partial charge in [0, 0.05) is 59.3 Å². The molecule has 1 aromatic heterocycles. The van der Waals surface area contributed by atoms with Crippen molar-refractivity contribution in [3.8, 4) is 0 Å². The van der Waals surface area contributed by atoms with Crippen LogP contribution in [0, 0.1) is 10.8 Å². The zero-order chi connectivity index (χ0) is 28.3. The summed E-state index contributed by atoms with van der Waals surface area (Å²) in [5.74, 6) is -2.29. The van der Waals surface area contributed by atoms with Gasteiger partial charge in [-0.25, -0.2) is 0 Å². The molecule has 0 atom stereocenters. The minimum Gasteiger partial charge on any atom is -0.294 e. The predicted octanol–water partition coefficient (Wildman–Crippen LogP) is 6.13. The summed E-state index contributed by atoms with van der Waals surface area (Å²) < 4.78 is 42.8. The van der Waals surface area contributed by atoms with Crippen LogP contribution in [0.15, 0.2) is 71.3 Å². The first-order chi connectivity index (χ1) is 18.2. The fourth-order valence-corrected chi connectivity index (χ4v) is 6.09. The van der Waals surface area contributed by atoms with Crippen LogP contribution in [-0.2, 0) is 15.8 Å². The van der Waals surface area contributed by atoms with Crippen LogP contribution in [0.2, 0.25) is 0 Å². The Morgan fingerprint density at radius 1 is 0.872 bits per heavy atom. The summed E-state index contributed by atoms with van der Waals surface area (Å²) in [5.41, 5.74) is 2.37. The second-order valence-electron chi connectivity index (χ2n) is 12.1. The van der Waals surface area contributed by atoms with Crippen molar-refractivity contribution in [1.82, 2.24) is 15.4 Å². The van der Waals surface area contributed by atoms with Gasteiger partial charge >= 0.3 is 6.18 Å². The molecule has 2 aromatic rings. The number of amides is 1. The average molecular weight is 538 g/mol. The fourth-order valence-electron chi connectivity index (χ4n) is 6.09. The molecule has 0 radical (unpaired) electrons. The fraction of sp³-hybridized carbons (Fsp3) is 0.400. The molecular weight excluding hydrogens is 507 g/mol. The van der Waals surface area contributed by atoms with Crippen molar-refractivity contribution >= 4 is 17.5 Å². The first-order valence-electron chi connectivity index (χ1n) is 12.9. The molecule has 6 nitrogen and oxygen atoms in total. The SMILES string of the molecule is CC1(C)CC(=O)C2=C(C1)N(NC(=O)c1ccncc1)C1=C(C(=O)CC(C)(C)C1)C2c1ccccc1C(F)(F)F. The molecule has 3 aliphatic rings. The van der Waals surface area contributed by atoms with E-state index in [1.807, 2.05) is 27.7 Å². The molecule has 39 heavy (non-hydrogen) atoms. The maximum absolute atomic E-state index is 14.3. The van der Waals surface area contributed by atoms with Gasteiger partial charge in [0.1, 0.15) is 0 Å². The largest absolute Gasteiger partial charge is 0.416 e. The quantitative estimate of drug-likeness (QED) is 0.510. The molecule has 0 bridgehead atoms. The molecule has 0 saturated carbocycles. The number of carbonyl (C=O) groups excluding carboxylic acids is 3. The Morgan fingerprint density at radius 3 is 1.90 bits per heavy atom. The van der Waals surface area contributed by atoms with Gasteiger partial charge in [0.15, 0.2) is 11.6 Å². The number of aromatic nitrogens is 1. The van der Waals surface area contributed by atoms with E-state index in [0.29, 0.717) is 29.8 Å². The summed E-state index contributed by atoms with van der Waals surface area (Å²) >= 11 is 0. The van der Waals surface area contributed by atoms with E-state index in [9.17, 15) is 27.6 Å². The van der Waals surface area contributed by atoms with Crippen LogP contribution in [0.25, 0.3) is 0 Å². The zero-order valence-electron chi connectivity index (χ0n) is 22.3. The molecule has 1 aliphatic heterocycles. The molecule has 1 amide bonds. The Bertz CT molecular complexity index is 1380. The molecule has 204 valence electrons. The number of benzene rings is 1. The number of allylic oxidation sites excluding steroid dienone is 4. The van der Waals surface area contributed by atoms with Gasteiger partial charge < -0.3 is 0 Å². The van der Waals surface area contributed by atoms with Gasteiger partial charge in [-0.2, -0.15) is 13.2 Å². The molecule has 5 rings (SSSR count). The highest BCUT2D eigenvalue weighted by molar-refractivity contribution is 6.07. The first kappa shape index (κ1) is 26.8. The number of Topliss-reactive ketones (excluding diaryl/α,β-unsaturated/α-hetero) is 2. The monoisotopic (exact) mass is 537 g/mol. The van der Waals surface area contributed by atoms with E-state index < -0.39 is 34.4 Å². The van der Waals surface area contributed by atoms with E-state index in [-0.39, 0.29) is 41.1 Å². The van der Waals surface area contributed by atoms with Gasteiger partial charge in [0.25, 0.3) is 5.91 Å². The van der Waals surface area contributed by atoms with Crippen LogP contribution in [0.4, 0.5) is 13.2 Å². The molecule has 9 heteroatoms. The maximum atomic E-state index is 14.3. The third-order valence-corrected chi connectivity index (χ3v) is 7.64. The molecular formula is C30H30F3N3O3. The van der Waals surface area contributed by atoms with E-state index in [2.05, 4.69) is 10.4 Å². The number of rotatable bonds is 3. The van der Waals surface area contributed by atoms with Crippen molar-refractivity contribution in [3.63, 3.8) is 0 Å². The normalized spacial score (nSPS) is 21.1. The van der Waals surface area contributed by atoms with Crippen molar-refractivity contribution in [2.45, 2.75) is 65.5 Å². The Hall–Kier alpha value is -3.75. The van der Waals surface area contributed by atoms with Gasteiger partial charge in [-0.15, -0.1) is 0 Å². The first-order valence-corrected chi connectivity index (χ1v) is 12.9. The van der Waals surface area contributed by atoms with Gasteiger partial charge in [-0.3, -0.25) is 29.8 Å². The molecule has 2 heterocycles. The molecule has 1 N–H and O–H groups in total. The number of ketones is 2. The topological polar surface area (TPSA) is 79.4 Å². The number of hydrogen-bond acceptors (Lipinski definition) is 5. The lowest BCUT2D eigenvalue weighted by Gasteiger charge is -2.48. The summed E-state index contributed by atoms with van der Waals surface area (Å²) in [6.07, 6.45) is -0.827. The molecule has 2 aliphatic carbocycles. The minimum absolute atomic E-state index is 0.116.